The molecule has 1 aromatic heterocycles. The lowest BCUT2D eigenvalue weighted by Gasteiger charge is -2.12. The molecule has 0 fully saturated rings. The minimum Gasteiger partial charge on any atom is -0.278 e. The topological polar surface area (TPSA) is 59.1 Å². The van der Waals surface area contributed by atoms with Gasteiger partial charge in [-0.2, -0.15) is 0 Å². The Morgan fingerprint density at radius 1 is 1.00 bits per heavy atom. The first-order valence-electron chi connectivity index (χ1n) is 6.61. The molecule has 22 heavy (non-hydrogen) atoms. The monoisotopic (exact) mass is 330 g/mol. The lowest BCUT2D eigenvalue weighted by Crippen LogP contribution is -2.14. The molecule has 112 valence electrons. The number of thioether (sulfide) groups is 1. The van der Waals surface area contributed by atoms with E-state index < -0.39 is 10.0 Å². The Morgan fingerprint density at radius 2 is 1.77 bits per heavy atom. The molecule has 0 radical (unpaired) electrons. The second-order valence-electron chi connectivity index (χ2n) is 4.64. The van der Waals surface area contributed by atoms with E-state index in [9.17, 15) is 8.42 Å². The van der Waals surface area contributed by atoms with Crippen LogP contribution in [0.15, 0.2) is 70.6 Å². The van der Waals surface area contributed by atoms with E-state index in [1.165, 1.54) is 11.8 Å². The van der Waals surface area contributed by atoms with Gasteiger partial charge in [0.1, 0.15) is 4.90 Å². The fourth-order valence-electron chi connectivity index (χ4n) is 2.22. The van der Waals surface area contributed by atoms with Crippen LogP contribution in [0.3, 0.4) is 0 Å². The van der Waals surface area contributed by atoms with Crippen LogP contribution in [0.25, 0.3) is 10.9 Å². The highest BCUT2D eigenvalue weighted by Crippen LogP contribution is 2.28. The lowest BCUT2D eigenvalue weighted by atomic mass is 10.2. The summed E-state index contributed by atoms with van der Waals surface area (Å²) in [5.41, 5.74) is 1.04. The number of benzene rings is 2. The fourth-order valence-corrected chi connectivity index (χ4v) is 4.10. The van der Waals surface area contributed by atoms with Crippen LogP contribution in [-0.2, 0) is 10.0 Å². The Kier molecular flexibility index (Phi) is 4.04. The number of fused-ring (bicyclic) bond motifs is 1. The molecule has 0 aliphatic rings. The van der Waals surface area contributed by atoms with Crippen molar-refractivity contribution in [2.75, 3.05) is 11.0 Å². The van der Waals surface area contributed by atoms with Crippen LogP contribution in [0.2, 0.25) is 0 Å². The van der Waals surface area contributed by atoms with Gasteiger partial charge in [0, 0.05) is 16.5 Å². The predicted octanol–water partition coefficient (Wildman–Crippen LogP) is 3.76. The van der Waals surface area contributed by atoms with Crippen molar-refractivity contribution >= 4 is 38.4 Å². The van der Waals surface area contributed by atoms with E-state index in [1.54, 1.807) is 36.5 Å². The molecule has 0 atom stereocenters. The Morgan fingerprint density at radius 3 is 2.59 bits per heavy atom. The summed E-state index contributed by atoms with van der Waals surface area (Å²) < 4.78 is 28.1. The molecule has 0 unspecified atom stereocenters. The minimum absolute atomic E-state index is 0.182. The Labute approximate surface area is 133 Å². The number of nitrogens with zero attached hydrogens (tertiary/aromatic N) is 1. The van der Waals surface area contributed by atoms with E-state index in [2.05, 4.69) is 9.71 Å². The number of hydrogen-bond acceptors (Lipinski definition) is 4. The number of rotatable bonds is 4. The number of aromatic nitrogens is 1. The third-order valence-corrected chi connectivity index (χ3v) is 5.43. The SMILES string of the molecule is CSc1ccccc1NS(=O)(=O)c1cccc2cccnc12. The van der Waals surface area contributed by atoms with Crippen LogP contribution in [0.5, 0.6) is 0 Å². The van der Waals surface area contributed by atoms with Gasteiger partial charge < -0.3 is 0 Å². The Balaban J connectivity index is 2.09. The standard InChI is InChI=1S/C16H14N2O2S2/c1-21-14-9-3-2-8-13(14)18-22(19,20)15-10-4-6-12-7-5-11-17-16(12)15/h2-11,18H,1H3. The average molecular weight is 330 g/mol. The molecule has 0 amide bonds. The zero-order chi connectivity index (χ0) is 15.6. The number of sulfonamides is 1. The van der Waals surface area contributed by atoms with Gasteiger partial charge in [-0.3, -0.25) is 9.71 Å². The van der Waals surface area contributed by atoms with Crippen molar-refractivity contribution in [1.82, 2.24) is 4.98 Å². The number of nitrogens with one attached hydrogen (secondary N) is 1. The highest BCUT2D eigenvalue weighted by Gasteiger charge is 2.19. The molecular weight excluding hydrogens is 316 g/mol. The molecule has 0 bridgehead atoms. The van der Waals surface area contributed by atoms with Crippen LogP contribution in [-0.4, -0.2) is 19.7 Å². The van der Waals surface area contributed by atoms with Crippen molar-refractivity contribution in [2.45, 2.75) is 9.79 Å². The molecule has 6 heteroatoms. The van der Waals surface area contributed by atoms with Gasteiger partial charge in [-0.15, -0.1) is 11.8 Å². The summed E-state index contributed by atoms with van der Waals surface area (Å²) in [6.45, 7) is 0. The van der Waals surface area contributed by atoms with Gasteiger partial charge in [0.25, 0.3) is 10.0 Å². The first-order chi connectivity index (χ1) is 10.6. The van der Waals surface area contributed by atoms with Gasteiger partial charge >= 0.3 is 0 Å². The van der Waals surface area contributed by atoms with Crippen molar-refractivity contribution in [3.05, 3.63) is 60.8 Å². The highest BCUT2D eigenvalue weighted by molar-refractivity contribution is 7.99. The molecule has 3 rings (SSSR count). The first-order valence-corrected chi connectivity index (χ1v) is 9.32. The molecule has 2 aromatic carbocycles. The summed E-state index contributed by atoms with van der Waals surface area (Å²) in [7, 11) is -3.70. The van der Waals surface area contributed by atoms with Gasteiger partial charge in [0.15, 0.2) is 0 Å². The summed E-state index contributed by atoms with van der Waals surface area (Å²) in [4.78, 5) is 5.26. The maximum Gasteiger partial charge on any atom is 0.264 e. The predicted molar refractivity (Wildman–Crippen MR) is 90.8 cm³/mol. The van der Waals surface area contributed by atoms with Crippen molar-refractivity contribution in [3.63, 3.8) is 0 Å². The Bertz CT molecular complexity index is 919. The van der Waals surface area contributed by atoms with Crippen molar-refractivity contribution in [2.24, 2.45) is 0 Å². The lowest BCUT2D eigenvalue weighted by molar-refractivity contribution is 0.602. The molecule has 0 aliphatic carbocycles. The molecule has 4 nitrogen and oxygen atoms in total. The number of anilines is 1. The number of para-hydroxylation sites is 2. The van der Waals surface area contributed by atoms with E-state index in [0.29, 0.717) is 11.2 Å². The van der Waals surface area contributed by atoms with E-state index in [-0.39, 0.29) is 4.90 Å². The molecule has 1 heterocycles. The van der Waals surface area contributed by atoms with Gasteiger partial charge in [0.05, 0.1) is 11.2 Å². The van der Waals surface area contributed by atoms with Crippen LogP contribution < -0.4 is 4.72 Å². The summed E-state index contributed by atoms with van der Waals surface area (Å²) in [5, 5.41) is 0.795. The summed E-state index contributed by atoms with van der Waals surface area (Å²) in [6, 6.07) is 16.1. The van der Waals surface area contributed by atoms with Gasteiger partial charge in [-0.05, 0) is 30.5 Å². The molecular formula is C16H14N2O2S2. The third-order valence-electron chi connectivity index (χ3n) is 3.24. The van der Waals surface area contributed by atoms with Gasteiger partial charge in [0.2, 0.25) is 0 Å². The largest absolute Gasteiger partial charge is 0.278 e. The van der Waals surface area contributed by atoms with E-state index >= 15 is 0 Å². The zero-order valence-corrected chi connectivity index (χ0v) is 13.5. The third kappa shape index (κ3) is 2.80. The maximum absolute atomic E-state index is 12.7. The fraction of sp³-hybridized carbons (Fsp3) is 0.0625. The van der Waals surface area contributed by atoms with Crippen LogP contribution in [0, 0.1) is 0 Å². The van der Waals surface area contributed by atoms with E-state index in [1.807, 2.05) is 30.5 Å². The Hall–Kier alpha value is -2.05. The van der Waals surface area contributed by atoms with E-state index in [4.69, 9.17) is 0 Å². The number of pyridine rings is 1. The van der Waals surface area contributed by atoms with Crippen molar-refractivity contribution in [1.29, 1.82) is 0 Å². The summed E-state index contributed by atoms with van der Waals surface area (Å²) in [6.07, 6.45) is 3.50. The molecule has 0 saturated carbocycles. The molecule has 1 N–H and O–H groups in total. The first kappa shape index (κ1) is 14.9. The van der Waals surface area contributed by atoms with Gasteiger partial charge in [-0.25, -0.2) is 8.42 Å². The van der Waals surface area contributed by atoms with Crippen molar-refractivity contribution < 1.29 is 8.42 Å². The minimum atomic E-state index is -3.70. The van der Waals surface area contributed by atoms with Crippen LogP contribution >= 0.6 is 11.8 Å². The van der Waals surface area contributed by atoms with Crippen molar-refractivity contribution in [3.8, 4) is 0 Å². The van der Waals surface area contributed by atoms with E-state index in [0.717, 1.165) is 10.3 Å². The normalized spacial score (nSPS) is 11.5. The summed E-state index contributed by atoms with van der Waals surface area (Å²) >= 11 is 1.49. The highest BCUT2D eigenvalue weighted by atomic mass is 32.2. The second-order valence-corrected chi connectivity index (χ2v) is 7.14. The van der Waals surface area contributed by atoms with Crippen LogP contribution in [0.4, 0.5) is 5.69 Å². The molecule has 0 aliphatic heterocycles. The zero-order valence-electron chi connectivity index (χ0n) is 11.9. The van der Waals surface area contributed by atoms with Crippen LogP contribution in [0.1, 0.15) is 0 Å². The quantitative estimate of drug-likeness (QED) is 0.740. The van der Waals surface area contributed by atoms with Gasteiger partial charge in [-0.1, -0.05) is 30.3 Å². The maximum atomic E-state index is 12.7. The smallest absolute Gasteiger partial charge is 0.264 e. The molecule has 3 aromatic rings. The summed E-state index contributed by atoms with van der Waals surface area (Å²) in [5.74, 6) is 0. The number of hydrogen-bond donors (Lipinski definition) is 1. The average Bonchev–Trinajstić information content (AvgIpc) is 2.54. The second kappa shape index (κ2) is 5.98. The molecule has 0 spiro atoms. The molecule has 0 saturated heterocycles.